The Balaban J connectivity index is 1.40. The number of nitrogens with one attached hydrogen (secondary N) is 1. The van der Waals surface area contributed by atoms with Crippen molar-refractivity contribution in [3.05, 3.63) is 89.3 Å². The molecule has 4 aromatic rings. The van der Waals surface area contributed by atoms with Gasteiger partial charge in [-0.25, -0.2) is 0 Å². The van der Waals surface area contributed by atoms with Crippen LogP contribution in [0, 0.1) is 0 Å². The molecule has 2 heterocycles. The fourth-order valence-corrected chi connectivity index (χ4v) is 4.55. The van der Waals surface area contributed by atoms with Crippen molar-refractivity contribution in [2.45, 2.75) is 18.1 Å². The SMILES string of the molecule is O=C(CSc1nnc(-c2cccs2)n1Cc1ccccc1)NCCc1ccccc1. The molecule has 2 aromatic heterocycles. The van der Waals surface area contributed by atoms with E-state index in [0.717, 1.165) is 22.3 Å². The summed E-state index contributed by atoms with van der Waals surface area (Å²) in [6, 6.07) is 24.4. The van der Waals surface area contributed by atoms with Crippen LogP contribution in [0.5, 0.6) is 0 Å². The van der Waals surface area contributed by atoms with Gasteiger partial charge in [0.1, 0.15) is 0 Å². The molecule has 0 fully saturated rings. The summed E-state index contributed by atoms with van der Waals surface area (Å²) < 4.78 is 2.09. The summed E-state index contributed by atoms with van der Waals surface area (Å²) in [4.78, 5) is 13.4. The van der Waals surface area contributed by atoms with Crippen molar-refractivity contribution in [3.8, 4) is 10.7 Å². The first-order valence-corrected chi connectivity index (χ1v) is 11.6. The first-order valence-electron chi connectivity index (χ1n) is 9.74. The minimum absolute atomic E-state index is 0.00265. The molecule has 152 valence electrons. The molecule has 0 radical (unpaired) electrons. The third-order valence-corrected chi connectivity index (χ3v) is 6.39. The average Bonchev–Trinajstić information content (AvgIpc) is 3.44. The van der Waals surface area contributed by atoms with E-state index in [-0.39, 0.29) is 5.91 Å². The summed E-state index contributed by atoms with van der Waals surface area (Å²) in [6.07, 6.45) is 0.823. The third-order valence-electron chi connectivity index (χ3n) is 4.55. The lowest BCUT2D eigenvalue weighted by Crippen LogP contribution is -2.27. The van der Waals surface area contributed by atoms with E-state index in [4.69, 9.17) is 0 Å². The summed E-state index contributed by atoms with van der Waals surface area (Å²) in [5, 5.41) is 14.5. The van der Waals surface area contributed by atoms with E-state index in [2.05, 4.69) is 44.3 Å². The van der Waals surface area contributed by atoms with Crippen LogP contribution in [0.1, 0.15) is 11.1 Å². The van der Waals surface area contributed by atoms with E-state index in [0.29, 0.717) is 18.8 Å². The molecule has 0 unspecified atom stereocenters. The summed E-state index contributed by atoms with van der Waals surface area (Å²) in [6.45, 7) is 1.29. The van der Waals surface area contributed by atoms with Crippen molar-refractivity contribution in [2.24, 2.45) is 0 Å². The maximum atomic E-state index is 12.3. The molecule has 0 saturated heterocycles. The number of hydrogen-bond acceptors (Lipinski definition) is 5. The summed E-state index contributed by atoms with van der Waals surface area (Å²) in [5.74, 6) is 1.15. The number of rotatable bonds is 9. The van der Waals surface area contributed by atoms with Crippen molar-refractivity contribution in [3.63, 3.8) is 0 Å². The molecule has 30 heavy (non-hydrogen) atoms. The fourth-order valence-electron chi connectivity index (χ4n) is 3.06. The molecule has 0 aliphatic heterocycles. The Labute approximate surface area is 184 Å². The van der Waals surface area contributed by atoms with E-state index in [9.17, 15) is 4.79 Å². The second-order valence-corrected chi connectivity index (χ2v) is 8.62. The van der Waals surface area contributed by atoms with Gasteiger partial charge in [-0.2, -0.15) is 0 Å². The van der Waals surface area contributed by atoms with Crippen molar-refractivity contribution in [1.29, 1.82) is 0 Å². The largest absolute Gasteiger partial charge is 0.355 e. The van der Waals surface area contributed by atoms with Crippen molar-refractivity contribution >= 4 is 29.0 Å². The number of carbonyl (C=O) groups excluding carboxylic acids is 1. The summed E-state index contributed by atoms with van der Waals surface area (Å²) >= 11 is 3.06. The molecule has 0 bridgehead atoms. The van der Waals surface area contributed by atoms with E-state index < -0.39 is 0 Å². The van der Waals surface area contributed by atoms with E-state index >= 15 is 0 Å². The highest BCUT2D eigenvalue weighted by atomic mass is 32.2. The van der Waals surface area contributed by atoms with E-state index in [1.807, 2.05) is 53.9 Å². The normalized spacial score (nSPS) is 10.8. The Morgan fingerprint density at radius 2 is 1.67 bits per heavy atom. The number of nitrogens with zero attached hydrogens (tertiary/aromatic N) is 3. The smallest absolute Gasteiger partial charge is 0.230 e. The van der Waals surface area contributed by atoms with Crippen molar-refractivity contribution < 1.29 is 4.79 Å². The van der Waals surface area contributed by atoms with Gasteiger partial charge in [-0.05, 0) is 29.0 Å². The number of thiophene rings is 1. The van der Waals surface area contributed by atoms with E-state index in [1.54, 1.807) is 11.3 Å². The predicted octanol–water partition coefficient (Wildman–Crippen LogP) is 4.51. The molecule has 0 aliphatic carbocycles. The lowest BCUT2D eigenvalue weighted by atomic mass is 10.1. The zero-order valence-electron chi connectivity index (χ0n) is 16.4. The Morgan fingerprint density at radius 3 is 2.37 bits per heavy atom. The van der Waals surface area contributed by atoms with Crippen molar-refractivity contribution in [1.82, 2.24) is 20.1 Å². The third kappa shape index (κ3) is 5.37. The molecule has 2 aromatic carbocycles. The van der Waals surface area contributed by atoms with Crippen LogP contribution in [0.3, 0.4) is 0 Å². The molecule has 7 heteroatoms. The summed E-state index contributed by atoms with van der Waals surface area (Å²) in [5.41, 5.74) is 2.39. The lowest BCUT2D eigenvalue weighted by molar-refractivity contribution is -0.118. The lowest BCUT2D eigenvalue weighted by Gasteiger charge is -2.10. The Bertz CT molecular complexity index is 1060. The first-order chi connectivity index (χ1) is 14.8. The number of aromatic nitrogens is 3. The molecule has 0 aliphatic rings. The highest BCUT2D eigenvalue weighted by Gasteiger charge is 2.16. The highest BCUT2D eigenvalue weighted by molar-refractivity contribution is 7.99. The van der Waals surface area contributed by atoms with Gasteiger partial charge in [-0.1, -0.05) is 78.5 Å². The zero-order chi connectivity index (χ0) is 20.6. The number of hydrogen-bond donors (Lipinski definition) is 1. The minimum Gasteiger partial charge on any atom is -0.355 e. The molecular formula is C23H22N4OS2. The van der Waals surface area contributed by atoms with Gasteiger partial charge in [-0.15, -0.1) is 21.5 Å². The van der Waals surface area contributed by atoms with Crippen LogP contribution in [0.4, 0.5) is 0 Å². The molecule has 1 amide bonds. The molecule has 0 saturated carbocycles. The Morgan fingerprint density at radius 1 is 0.933 bits per heavy atom. The monoisotopic (exact) mass is 434 g/mol. The van der Waals surface area contributed by atoms with Gasteiger partial charge in [0.2, 0.25) is 5.91 Å². The molecule has 0 atom stereocenters. The van der Waals surface area contributed by atoms with Crippen LogP contribution in [0.25, 0.3) is 10.7 Å². The van der Waals surface area contributed by atoms with Gasteiger partial charge in [0.15, 0.2) is 11.0 Å². The number of amides is 1. The molecule has 4 rings (SSSR count). The number of benzene rings is 2. The van der Waals surface area contributed by atoms with Gasteiger partial charge in [0, 0.05) is 6.54 Å². The second kappa shape index (κ2) is 10.2. The first kappa shape index (κ1) is 20.4. The maximum Gasteiger partial charge on any atom is 0.230 e. The Kier molecular flexibility index (Phi) is 6.95. The van der Waals surface area contributed by atoms with Gasteiger partial charge >= 0.3 is 0 Å². The predicted molar refractivity (Wildman–Crippen MR) is 123 cm³/mol. The second-order valence-electron chi connectivity index (χ2n) is 6.73. The van der Waals surface area contributed by atoms with Gasteiger partial charge in [0.05, 0.1) is 17.2 Å². The highest BCUT2D eigenvalue weighted by Crippen LogP contribution is 2.28. The van der Waals surface area contributed by atoms with Crippen LogP contribution < -0.4 is 5.32 Å². The quantitative estimate of drug-likeness (QED) is 0.394. The Hall–Kier alpha value is -2.90. The minimum atomic E-state index is 0.00265. The van der Waals surface area contributed by atoms with E-state index in [1.165, 1.54) is 22.9 Å². The molecule has 5 nitrogen and oxygen atoms in total. The topological polar surface area (TPSA) is 59.8 Å². The van der Waals surface area contributed by atoms with Gasteiger partial charge < -0.3 is 5.32 Å². The summed E-state index contributed by atoms with van der Waals surface area (Å²) in [7, 11) is 0. The van der Waals surface area contributed by atoms with Crippen LogP contribution in [-0.2, 0) is 17.8 Å². The van der Waals surface area contributed by atoms with Gasteiger partial charge in [-0.3, -0.25) is 9.36 Å². The van der Waals surface area contributed by atoms with Crippen LogP contribution in [0.15, 0.2) is 83.3 Å². The molecule has 1 N–H and O–H groups in total. The standard InChI is InChI=1S/C23H22N4OS2/c28-21(24-14-13-18-8-3-1-4-9-18)17-30-23-26-25-22(20-12-7-15-29-20)27(23)16-19-10-5-2-6-11-19/h1-12,15H,13-14,16-17H2,(H,24,28). The zero-order valence-corrected chi connectivity index (χ0v) is 18.0. The number of thioether (sulfide) groups is 1. The van der Waals surface area contributed by atoms with Crippen LogP contribution >= 0.6 is 23.1 Å². The number of carbonyl (C=O) groups is 1. The fraction of sp³-hybridized carbons (Fsp3) is 0.174. The van der Waals surface area contributed by atoms with Crippen molar-refractivity contribution in [2.75, 3.05) is 12.3 Å². The van der Waals surface area contributed by atoms with Crippen LogP contribution in [0.2, 0.25) is 0 Å². The van der Waals surface area contributed by atoms with Gasteiger partial charge in [0.25, 0.3) is 0 Å². The molecular weight excluding hydrogens is 412 g/mol. The molecule has 0 spiro atoms. The maximum absolute atomic E-state index is 12.3. The average molecular weight is 435 g/mol. The van der Waals surface area contributed by atoms with Crippen LogP contribution in [-0.4, -0.2) is 33.0 Å².